The van der Waals surface area contributed by atoms with Crippen molar-refractivity contribution in [2.45, 2.75) is 303 Å². The maximum atomic E-state index is 13.4. The Labute approximate surface area is 594 Å². The zero-order valence-corrected chi connectivity index (χ0v) is 61.8. The summed E-state index contributed by atoms with van der Waals surface area (Å²) in [5.41, 5.74) is -1.22. The Morgan fingerprint density at radius 3 is 0.808 bits per heavy atom. The van der Waals surface area contributed by atoms with Crippen molar-refractivity contribution in [3.05, 3.63) is 0 Å². The minimum atomic E-state index is -1.62. The van der Waals surface area contributed by atoms with Crippen molar-refractivity contribution in [1.29, 1.82) is 0 Å². The molecule has 0 aliphatic carbocycles. The molecule has 0 aliphatic heterocycles. The number of esters is 4. The molecule has 0 bridgehead atoms. The van der Waals surface area contributed by atoms with Crippen LogP contribution < -0.4 is 0 Å². The highest BCUT2D eigenvalue weighted by Gasteiger charge is 2.37. The number of carboxylic acids is 5. The molecule has 24 nitrogen and oxygen atoms in total. The first-order chi connectivity index (χ1) is 47.9. The summed E-state index contributed by atoms with van der Waals surface area (Å²) in [6, 6.07) is -1.62. The molecule has 0 spiro atoms. The number of carboxylic acid groups (broad SMARTS) is 5. The first-order valence-corrected chi connectivity index (χ1v) is 38.5. The number of aliphatic carboxylic acids is 5. The van der Waals surface area contributed by atoms with Crippen molar-refractivity contribution in [2.24, 2.45) is 5.41 Å². The third-order valence-electron chi connectivity index (χ3n) is 17.6. The van der Waals surface area contributed by atoms with Gasteiger partial charge in [-0.25, -0.2) is 0 Å². The molecular formula is C75H137N3O21. The van der Waals surface area contributed by atoms with Crippen molar-refractivity contribution in [2.75, 3.05) is 118 Å². The van der Waals surface area contributed by atoms with Gasteiger partial charge in [-0.1, -0.05) is 252 Å². The molecule has 0 heterocycles. The van der Waals surface area contributed by atoms with E-state index in [1.54, 1.807) is 0 Å². The molecule has 0 aromatic rings. The third kappa shape index (κ3) is 62.5. The van der Waals surface area contributed by atoms with Gasteiger partial charge in [0.05, 0.1) is 77.7 Å². The fourth-order valence-corrected chi connectivity index (χ4v) is 11.7. The van der Waals surface area contributed by atoms with Gasteiger partial charge in [0.2, 0.25) is 0 Å². The smallest absolute Gasteiger partial charge is 0.321 e. The SMILES string of the molecule is CCCCCCCCCCCCCCCC(=O)OCC(COCCOCCOCCOC(=O)CC(C(=O)O)N(CCN(CC(=O)O)CC(=O)O)CCN(CC(=O)O)CC(=O)O)(COC(=O)CCCCCCCCCCCCCCC)COC(=O)CCCCCCCCCCCCCCC. The van der Waals surface area contributed by atoms with Crippen molar-refractivity contribution in [3.8, 4) is 0 Å². The lowest BCUT2D eigenvalue weighted by Crippen LogP contribution is -2.50. The molecule has 0 radical (unpaired) electrons. The van der Waals surface area contributed by atoms with E-state index < -0.39 is 97.8 Å². The van der Waals surface area contributed by atoms with Crippen LogP contribution in [0.3, 0.4) is 0 Å². The minimum absolute atomic E-state index is 0.0546. The van der Waals surface area contributed by atoms with Crippen LogP contribution in [0.5, 0.6) is 0 Å². The summed E-state index contributed by atoms with van der Waals surface area (Å²) in [6.07, 6.45) is 45.7. The first kappa shape index (κ1) is 94.0. The van der Waals surface area contributed by atoms with E-state index in [-0.39, 0.29) is 112 Å². The van der Waals surface area contributed by atoms with Crippen molar-refractivity contribution >= 4 is 53.7 Å². The lowest BCUT2D eigenvalue weighted by atomic mass is 9.92. The number of rotatable bonds is 77. The molecule has 0 rings (SSSR count). The van der Waals surface area contributed by atoms with Gasteiger partial charge in [0.15, 0.2) is 0 Å². The van der Waals surface area contributed by atoms with E-state index in [2.05, 4.69) is 20.8 Å². The Kier molecular flexibility index (Phi) is 64.1. The van der Waals surface area contributed by atoms with Gasteiger partial charge in [-0.05, 0) is 19.3 Å². The molecule has 0 fully saturated rings. The Morgan fingerprint density at radius 1 is 0.293 bits per heavy atom. The van der Waals surface area contributed by atoms with Crippen LogP contribution in [0.4, 0.5) is 0 Å². The predicted molar refractivity (Wildman–Crippen MR) is 381 cm³/mol. The summed E-state index contributed by atoms with van der Waals surface area (Å²) in [6.45, 7) is 1.88. The van der Waals surface area contributed by atoms with Crippen LogP contribution >= 0.6 is 0 Å². The Hall–Kier alpha value is -5.01. The van der Waals surface area contributed by atoms with Crippen LogP contribution in [-0.2, 0) is 76.3 Å². The Balaban J connectivity index is 5.85. The fourth-order valence-electron chi connectivity index (χ4n) is 11.7. The molecule has 578 valence electrons. The average molecular weight is 1420 g/mol. The van der Waals surface area contributed by atoms with Gasteiger partial charge in [-0.15, -0.1) is 0 Å². The third-order valence-corrected chi connectivity index (χ3v) is 17.6. The molecule has 24 heteroatoms. The number of ether oxygens (including phenoxy) is 7. The number of nitrogens with zero attached hydrogens (tertiary/aromatic N) is 3. The molecule has 0 amide bonds. The molecule has 0 aromatic heterocycles. The number of carbonyl (C=O) groups is 9. The summed E-state index contributed by atoms with van der Waals surface area (Å²) in [4.78, 5) is 115. The molecule has 0 saturated heterocycles. The number of hydrogen-bond acceptors (Lipinski definition) is 19. The van der Waals surface area contributed by atoms with Gasteiger partial charge < -0.3 is 58.7 Å². The zero-order valence-electron chi connectivity index (χ0n) is 61.8. The van der Waals surface area contributed by atoms with Crippen LogP contribution in [0.2, 0.25) is 0 Å². The van der Waals surface area contributed by atoms with Crippen LogP contribution in [0.1, 0.15) is 297 Å². The van der Waals surface area contributed by atoms with E-state index in [9.17, 15) is 68.7 Å². The highest BCUT2D eigenvalue weighted by Crippen LogP contribution is 2.24. The number of hydrogen-bond donors (Lipinski definition) is 5. The standard InChI is InChI=1S/C75H137N3O21/c1-4-7-10-13-16-19-22-25-28-31-34-37-40-43-70(87)97-62-75(63-98-71(88)44-41-38-35-32-29-26-23-20-17-14-11-8-5-2,64-99-72(89)45-42-39-36-33-30-27-24-21-18-15-12-9-6-3)61-95-53-52-93-50-51-94-54-55-96-73(90)56-65(74(91)92)78(48-46-76(57-66(79)80)58-67(81)82)49-47-77(59-68(83)84)60-69(85)86/h65H,4-64H2,1-3H3,(H,79,80)(H,81,82)(H,83,84)(H,85,86)(H,91,92). The fraction of sp³-hybridized carbons (Fsp3) is 0.880. The van der Waals surface area contributed by atoms with Crippen molar-refractivity contribution in [1.82, 2.24) is 14.7 Å². The summed E-state index contributed by atoms with van der Waals surface area (Å²) in [7, 11) is 0. The summed E-state index contributed by atoms with van der Waals surface area (Å²) < 4.78 is 40.6. The van der Waals surface area contributed by atoms with Crippen LogP contribution in [0.15, 0.2) is 0 Å². The Bertz CT molecular complexity index is 1870. The van der Waals surface area contributed by atoms with E-state index in [0.717, 1.165) is 67.6 Å². The first-order valence-electron chi connectivity index (χ1n) is 38.5. The average Bonchev–Trinajstić information content (AvgIpc) is 0.889. The second-order valence-corrected chi connectivity index (χ2v) is 27.0. The quantitative estimate of drug-likeness (QED) is 0.0214. The van der Waals surface area contributed by atoms with Gasteiger partial charge in [0.25, 0.3) is 0 Å². The second-order valence-electron chi connectivity index (χ2n) is 27.0. The van der Waals surface area contributed by atoms with Crippen molar-refractivity contribution < 1.29 is 102 Å². The minimum Gasteiger partial charge on any atom is -0.480 e. The number of unbranched alkanes of at least 4 members (excludes halogenated alkanes) is 36. The van der Waals surface area contributed by atoms with Gasteiger partial charge in [-0.2, -0.15) is 0 Å². The van der Waals surface area contributed by atoms with Crippen molar-refractivity contribution in [3.63, 3.8) is 0 Å². The van der Waals surface area contributed by atoms with E-state index in [0.29, 0.717) is 19.3 Å². The molecule has 1 unspecified atom stereocenters. The van der Waals surface area contributed by atoms with E-state index in [1.807, 2.05) is 0 Å². The molecule has 5 N–H and O–H groups in total. The monoisotopic (exact) mass is 1420 g/mol. The van der Waals surface area contributed by atoms with Gasteiger partial charge in [0.1, 0.15) is 32.5 Å². The van der Waals surface area contributed by atoms with E-state index in [1.165, 1.54) is 178 Å². The molecule has 1 atom stereocenters. The molecular weight excluding hydrogens is 1280 g/mol. The normalized spacial score (nSPS) is 11.9. The second kappa shape index (κ2) is 67.5. The number of carbonyl (C=O) groups excluding carboxylic acids is 4. The topological polar surface area (TPSA) is 329 Å². The summed E-state index contributed by atoms with van der Waals surface area (Å²) in [5, 5.41) is 47.5. The molecule has 0 saturated carbocycles. The van der Waals surface area contributed by atoms with Gasteiger partial charge in [-0.3, -0.25) is 57.9 Å². The van der Waals surface area contributed by atoms with E-state index in [4.69, 9.17) is 33.2 Å². The summed E-state index contributed by atoms with van der Waals surface area (Å²) in [5.74, 6) is -9.04. The molecule has 0 aliphatic rings. The van der Waals surface area contributed by atoms with Crippen LogP contribution in [-0.4, -0.2) is 218 Å². The van der Waals surface area contributed by atoms with E-state index >= 15 is 0 Å². The van der Waals surface area contributed by atoms with Crippen LogP contribution in [0.25, 0.3) is 0 Å². The molecule has 0 aromatic carbocycles. The maximum absolute atomic E-state index is 13.4. The summed E-state index contributed by atoms with van der Waals surface area (Å²) >= 11 is 0. The molecule has 99 heavy (non-hydrogen) atoms. The van der Waals surface area contributed by atoms with Gasteiger partial charge >= 0.3 is 53.7 Å². The zero-order chi connectivity index (χ0) is 73.1. The lowest BCUT2D eigenvalue weighted by molar-refractivity contribution is -0.168. The Morgan fingerprint density at radius 2 is 0.545 bits per heavy atom. The highest BCUT2D eigenvalue weighted by molar-refractivity contribution is 5.81. The van der Waals surface area contributed by atoms with Crippen LogP contribution in [0, 0.1) is 5.41 Å². The largest absolute Gasteiger partial charge is 0.480 e. The lowest BCUT2D eigenvalue weighted by Gasteiger charge is -2.32. The highest BCUT2D eigenvalue weighted by atomic mass is 16.6. The predicted octanol–water partition coefficient (Wildman–Crippen LogP) is 13.7. The van der Waals surface area contributed by atoms with Gasteiger partial charge in [0, 0.05) is 45.4 Å². The maximum Gasteiger partial charge on any atom is 0.321 e.